The molecule has 0 radical (unpaired) electrons. The van der Waals surface area contributed by atoms with E-state index in [1.165, 1.54) is 5.56 Å². The zero-order valence-corrected chi connectivity index (χ0v) is 13.8. The maximum atomic E-state index is 6.05. The lowest BCUT2D eigenvalue weighted by Crippen LogP contribution is -2.47. The number of ether oxygens (including phenoxy) is 1. The first-order chi connectivity index (χ1) is 9.13. The Bertz CT molecular complexity index is 431. The molecule has 1 aliphatic rings. The van der Waals surface area contributed by atoms with Crippen molar-refractivity contribution in [2.24, 2.45) is 5.73 Å². The lowest BCUT2D eigenvalue weighted by Gasteiger charge is -2.38. The average Bonchev–Trinajstić information content (AvgIpc) is 2.43. The summed E-state index contributed by atoms with van der Waals surface area (Å²) in [4.78, 5) is 2.40. The van der Waals surface area contributed by atoms with Gasteiger partial charge in [0.05, 0.1) is 16.1 Å². The van der Waals surface area contributed by atoms with Crippen LogP contribution in [0.3, 0.4) is 0 Å². The predicted octanol–water partition coefficient (Wildman–Crippen LogP) is 3.35. The van der Waals surface area contributed by atoms with Crippen LogP contribution < -0.4 is 5.73 Å². The second-order valence-corrected chi connectivity index (χ2v) is 5.80. The first kappa shape index (κ1) is 18.0. The molecule has 1 fully saturated rings. The summed E-state index contributed by atoms with van der Waals surface area (Å²) < 4.78 is 5.44. The molecule has 0 saturated carbocycles. The summed E-state index contributed by atoms with van der Waals surface area (Å²) in [6.45, 7) is 2.51. The summed E-state index contributed by atoms with van der Waals surface area (Å²) in [7, 11) is 1.77. The van der Waals surface area contributed by atoms with Crippen molar-refractivity contribution in [3.05, 3.63) is 33.8 Å². The number of nitrogens with zero attached hydrogens (tertiary/aromatic N) is 1. The Kier molecular flexibility index (Phi) is 7.59. The molecule has 2 unspecified atom stereocenters. The van der Waals surface area contributed by atoms with Crippen LogP contribution in [0.25, 0.3) is 0 Å². The second kappa shape index (κ2) is 8.42. The van der Waals surface area contributed by atoms with Crippen molar-refractivity contribution in [2.75, 3.05) is 20.2 Å². The fraction of sp³-hybridized carbons (Fsp3) is 0.571. The van der Waals surface area contributed by atoms with Crippen LogP contribution in [0.1, 0.15) is 18.4 Å². The summed E-state index contributed by atoms with van der Waals surface area (Å²) in [6, 6.07) is 6.16. The second-order valence-electron chi connectivity index (χ2n) is 4.99. The molecule has 2 rings (SSSR count). The smallest absolute Gasteiger partial charge is 0.0599 e. The topological polar surface area (TPSA) is 38.5 Å². The van der Waals surface area contributed by atoms with Crippen molar-refractivity contribution < 1.29 is 4.74 Å². The minimum absolute atomic E-state index is 0. The molecule has 0 aromatic heterocycles. The highest BCUT2D eigenvalue weighted by Gasteiger charge is 2.27. The van der Waals surface area contributed by atoms with Gasteiger partial charge in [0.1, 0.15) is 0 Å². The van der Waals surface area contributed by atoms with Crippen LogP contribution in [-0.4, -0.2) is 37.2 Å². The molecule has 3 nitrogen and oxygen atoms in total. The van der Waals surface area contributed by atoms with Crippen LogP contribution in [0, 0.1) is 0 Å². The summed E-state index contributed by atoms with van der Waals surface area (Å²) >= 11 is 12.0. The van der Waals surface area contributed by atoms with E-state index in [0.29, 0.717) is 28.7 Å². The molecule has 2 N–H and O–H groups in total. The van der Waals surface area contributed by atoms with Crippen LogP contribution in [-0.2, 0) is 11.3 Å². The number of halogens is 3. The Balaban J connectivity index is 0.00000200. The van der Waals surface area contributed by atoms with Crippen molar-refractivity contribution in [1.29, 1.82) is 0 Å². The molecule has 1 aromatic rings. The quantitative estimate of drug-likeness (QED) is 0.914. The minimum Gasteiger partial charge on any atom is -0.381 e. The van der Waals surface area contributed by atoms with Crippen LogP contribution in [0.2, 0.25) is 10.0 Å². The van der Waals surface area contributed by atoms with E-state index in [4.69, 9.17) is 33.7 Å². The van der Waals surface area contributed by atoms with E-state index in [0.717, 1.165) is 25.9 Å². The normalized spacial score (nSPS) is 23.4. The lowest BCUT2D eigenvalue weighted by molar-refractivity contribution is 0.0102. The third-order valence-electron chi connectivity index (χ3n) is 3.76. The minimum atomic E-state index is 0. The van der Waals surface area contributed by atoms with Gasteiger partial charge in [0.2, 0.25) is 0 Å². The van der Waals surface area contributed by atoms with E-state index in [1.54, 1.807) is 7.11 Å². The Hall–Kier alpha value is -0.0300. The monoisotopic (exact) mass is 338 g/mol. The van der Waals surface area contributed by atoms with Crippen LogP contribution >= 0.6 is 35.6 Å². The van der Waals surface area contributed by atoms with Crippen molar-refractivity contribution >= 4 is 35.6 Å². The fourth-order valence-corrected chi connectivity index (χ4v) is 2.92. The molecule has 114 valence electrons. The van der Waals surface area contributed by atoms with E-state index in [2.05, 4.69) is 4.90 Å². The first-order valence-corrected chi connectivity index (χ1v) is 7.30. The number of piperidine rings is 1. The molecule has 1 saturated heterocycles. The number of hydrogen-bond acceptors (Lipinski definition) is 3. The molecular formula is C14H21Cl3N2O. The Morgan fingerprint density at radius 1 is 1.35 bits per heavy atom. The van der Waals surface area contributed by atoms with Crippen molar-refractivity contribution in [2.45, 2.75) is 31.5 Å². The molecule has 2 atom stereocenters. The van der Waals surface area contributed by atoms with Crippen molar-refractivity contribution in [3.63, 3.8) is 0 Å². The average molecular weight is 340 g/mol. The molecule has 20 heavy (non-hydrogen) atoms. The molecule has 0 spiro atoms. The zero-order valence-electron chi connectivity index (χ0n) is 11.5. The van der Waals surface area contributed by atoms with Gasteiger partial charge in [0.25, 0.3) is 0 Å². The number of hydrogen-bond donors (Lipinski definition) is 1. The third kappa shape index (κ3) is 4.48. The van der Waals surface area contributed by atoms with Gasteiger partial charge >= 0.3 is 0 Å². The largest absolute Gasteiger partial charge is 0.381 e. The van der Waals surface area contributed by atoms with Crippen LogP contribution in [0.4, 0.5) is 0 Å². The summed E-state index contributed by atoms with van der Waals surface area (Å²) in [6.07, 6.45) is 2.38. The Morgan fingerprint density at radius 3 is 2.70 bits per heavy atom. The number of methoxy groups -OCH3 is 1. The molecule has 0 aliphatic carbocycles. The summed E-state index contributed by atoms with van der Waals surface area (Å²) in [5.41, 5.74) is 7.04. The Labute approximate surface area is 136 Å². The van der Waals surface area contributed by atoms with Gasteiger partial charge in [-0.3, -0.25) is 4.90 Å². The van der Waals surface area contributed by atoms with E-state index in [-0.39, 0.29) is 12.4 Å². The van der Waals surface area contributed by atoms with Crippen molar-refractivity contribution in [3.8, 4) is 0 Å². The van der Waals surface area contributed by atoms with Crippen LogP contribution in [0.15, 0.2) is 18.2 Å². The molecular weight excluding hydrogens is 319 g/mol. The number of nitrogens with two attached hydrogens (primary N) is 1. The molecule has 6 heteroatoms. The Morgan fingerprint density at radius 2 is 2.10 bits per heavy atom. The summed E-state index contributed by atoms with van der Waals surface area (Å²) in [5.74, 6) is 0. The van der Waals surface area contributed by atoms with Crippen molar-refractivity contribution in [1.82, 2.24) is 4.90 Å². The maximum absolute atomic E-state index is 6.05. The van der Waals surface area contributed by atoms with Gasteiger partial charge in [-0.05, 0) is 30.5 Å². The van der Waals surface area contributed by atoms with Gasteiger partial charge < -0.3 is 10.5 Å². The number of likely N-dealkylation sites (tertiary alicyclic amines) is 1. The van der Waals surface area contributed by atoms with Gasteiger partial charge in [0, 0.05) is 32.8 Å². The van der Waals surface area contributed by atoms with E-state index >= 15 is 0 Å². The summed E-state index contributed by atoms with van der Waals surface area (Å²) in [5, 5.41) is 1.20. The molecule has 0 amide bonds. The van der Waals surface area contributed by atoms with E-state index in [1.807, 2.05) is 18.2 Å². The van der Waals surface area contributed by atoms with Gasteiger partial charge in [-0.1, -0.05) is 29.3 Å². The van der Waals surface area contributed by atoms with E-state index in [9.17, 15) is 0 Å². The van der Waals surface area contributed by atoms with Gasteiger partial charge in [-0.25, -0.2) is 0 Å². The van der Waals surface area contributed by atoms with Gasteiger partial charge in [-0.15, -0.1) is 12.4 Å². The lowest BCUT2D eigenvalue weighted by atomic mass is 9.98. The highest BCUT2D eigenvalue weighted by molar-refractivity contribution is 6.42. The van der Waals surface area contributed by atoms with Gasteiger partial charge in [-0.2, -0.15) is 0 Å². The predicted molar refractivity (Wildman–Crippen MR) is 87.0 cm³/mol. The standard InChI is InChI=1S/C14H20Cl2N2O.ClH/c1-19-12-4-5-18(11(7-12)8-17)9-10-2-3-13(15)14(16)6-10;/h2-3,6,11-12H,4-5,7-9,17H2,1H3;1H. The van der Waals surface area contributed by atoms with Crippen LogP contribution in [0.5, 0.6) is 0 Å². The molecule has 1 heterocycles. The fourth-order valence-electron chi connectivity index (χ4n) is 2.60. The number of rotatable bonds is 4. The molecule has 0 bridgehead atoms. The highest BCUT2D eigenvalue weighted by atomic mass is 35.5. The van der Waals surface area contributed by atoms with E-state index < -0.39 is 0 Å². The zero-order chi connectivity index (χ0) is 13.8. The van der Waals surface area contributed by atoms with Gasteiger partial charge in [0.15, 0.2) is 0 Å². The maximum Gasteiger partial charge on any atom is 0.0599 e. The molecule has 1 aliphatic heterocycles. The third-order valence-corrected chi connectivity index (χ3v) is 4.50. The SMILES string of the molecule is COC1CCN(Cc2ccc(Cl)c(Cl)c2)C(CN)C1.Cl. The first-order valence-electron chi connectivity index (χ1n) is 6.55. The number of benzene rings is 1. The molecule has 1 aromatic carbocycles. The highest BCUT2D eigenvalue weighted by Crippen LogP contribution is 2.25.